The lowest BCUT2D eigenvalue weighted by Gasteiger charge is -2.16. The van der Waals surface area contributed by atoms with Gasteiger partial charge in [0.1, 0.15) is 5.69 Å². The van der Waals surface area contributed by atoms with Crippen LogP contribution in [0.2, 0.25) is 0 Å². The van der Waals surface area contributed by atoms with Crippen LogP contribution in [-0.4, -0.2) is 9.61 Å². The Morgan fingerprint density at radius 2 is 0.804 bits per heavy atom. The van der Waals surface area contributed by atoms with Crippen LogP contribution in [0.1, 0.15) is 0 Å². The Balaban J connectivity index is 1.43. The lowest BCUT2D eigenvalue weighted by Crippen LogP contribution is -1.97. The fraction of sp³-hybridized carbons (Fsp3) is 0. The summed E-state index contributed by atoms with van der Waals surface area (Å²) in [6.07, 6.45) is 0. The standard InChI is InChI=1S/C49H32N2/c1-5-17-33(18-6-1)42-30-39-31-45(35-21-9-3-10-22-35)51-49(44(39)32-43(42)34-19-7-2-8-20-34)46(36-23-11-4-12-24-36)48(50-51)47-40-27-15-13-25-37(40)29-38-26-14-16-28-41(38)47/h1-32H. The zero-order valence-corrected chi connectivity index (χ0v) is 27.9. The molecule has 0 aliphatic carbocycles. The number of hydrogen-bond acceptors (Lipinski definition) is 1. The van der Waals surface area contributed by atoms with Gasteiger partial charge in [0.25, 0.3) is 0 Å². The summed E-state index contributed by atoms with van der Waals surface area (Å²) in [5.74, 6) is 0. The normalized spacial score (nSPS) is 11.5. The molecule has 10 rings (SSSR count). The average Bonchev–Trinajstić information content (AvgIpc) is 3.61. The second kappa shape index (κ2) is 12.0. The first-order valence-electron chi connectivity index (χ1n) is 17.5. The third-order valence-electron chi connectivity index (χ3n) is 10.2. The second-order valence-electron chi connectivity index (χ2n) is 13.2. The summed E-state index contributed by atoms with van der Waals surface area (Å²) in [5, 5.41) is 12.8. The molecule has 0 aliphatic rings. The highest BCUT2D eigenvalue weighted by Gasteiger charge is 2.25. The lowest BCUT2D eigenvalue weighted by atomic mass is 9.88. The van der Waals surface area contributed by atoms with Gasteiger partial charge in [0, 0.05) is 22.1 Å². The molecule has 0 N–H and O–H groups in total. The maximum atomic E-state index is 5.69. The number of nitrogens with zero attached hydrogens (tertiary/aromatic N) is 2. The molecule has 10 aromatic rings. The molecule has 2 aromatic heterocycles. The minimum absolute atomic E-state index is 0.979. The van der Waals surface area contributed by atoms with Gasteiger partial charge in [0.2, 0.25) is 0 Å². The Morgan fingerprint density at radius 3 is 1.37 bits per heavy atom. The average molecular weight is 649 g/mol. The van der Waals surface area contributed by atoms with E-state index >= 15 is 0 Å². The molecule has 0 radical (unpaired) electrons. The summed E-state index contributed by atoms with van der Waals surface area (Å²) in [6.45, 7) is 0. The molecule has 51 heavy (non-hydrogen) atoms. The van der Waals surface area contributed by atoms with Gasteiger partial charge in [0.15, 0.2) is 0 Å². The van der Waals surface area contributed by atoms with Gasteiger partial charge >= 0.3 is 0 Å². The molecule has 8 aromatic carbocycles. The number of fused-ring (bicyclic) bond motifs is 5. The Morgan fingerprint density at radius 1 is 0.333 bits per heavy atom. The van der Waals surface area contributed by atoms with E-state index in [2.05, 4.69) is 199 Å². The van der Waals surface area contributed by atoms with Gasteiger partial charge in [-0.3, -0.25) is 0 Å². The van der Waals surface area contributed by atoms with Crippen LogP contribution >= 0.6 is 0 Å². The lowest BCUT2D eigenvalue weighted by molar-refractivity contribution is 0.981. The molecule has 0 fully saturated rings. The van der Waals surface area contributed by atoms with E-state index in [-0.39, 0.29) is 0 Å². The molecule has 0 saturated heterocycles. The quantitative estimate of drug-likeness (QED) is 0.170. The summed E-state index contributed by atoms with van der Waals surface area (Å²) in [4.78, 5) is 0. The summed E-state index contributed by atoms with van der Waals surface area (Å²) < 4.78 is 2.21. The molecule has 2 nitrogen and oxygen atoms in total. The first kappa shape index (κ1) is 29.2. The summed E-state index contributed by atoms with van der Waals surface area (Å²) >= 11 is 0. The van der Waals surface area contributed by atoms with Gasteiger partial charge in [0.05, 0.1) is 11.2 Å². The topological polar surface area (TPSA) is 17.3 Å². The SMILES string of the molecule is c1ccc(-c2cc3cc(-c4ccccc4)n4nc(-c5c6ccccc6cc6ccccc56)c(-c5ccccc5)c4c3cc2-c2ccccc2)cc1. The highest BCUT2D eigenvalue weighted by atomic mass is 15.2. The van der Waals surface area contributed by atoms with Crippen LogP contribution in [0, 0.1) is 0 Å². The second-order valence-corrected chi connectivity index (χ2v) is 13.2. The monoisotopic (exact) mass is 648 g/mol. The largest absolute Gasteiger partial charge is 0.231 e. The molecule has 0 amide bonds. The molecule has 0 spiro atoms. The van der Waals surface area contributed by atoms with Crippen LogP contribution in [-0.2, 0) is 0 Å². The van der Waals surface area contributed by atoms with Gasteiger partial charge in [-0.05, 0) is 79.0 Å². The van der Waals surface area contributed by atoms with Crippen molar-refractivity contribution in [2.75, 3.05) is 0 Å². The fourth-order valence-electron chi connectivity index (χ4n) is 7.84. The number of aromatic nitrogens is 2. The summed E-state index contributed by atoms with van der Waals surface area (Å²) in [5.41, 5.74) is 12.5. The van der Waals surface area contributed by atoms with E-state index in [0.29, 0.717) is 0 Å². The third kappa shape index (κ3) is 4.84. The molecule has 0 unspecified atom stereocenters. The van der Waals surface area contributed by atoms with Crippen molar-refractivity contribution >= 4 is 37.8 Å². The van der Waals surface area contributed by atoms with E-state index in [9.17, 15) is 0 Å². The van der Waals surface area contributed by atoms with Crippen molar-refractivity contribution in [1.82, 2.24) is 9.61 Å². The first-order valence-corrected chi connectivity index (χ1v) is 17.5. The highest BCUT2D eigenvalue weighted by Crippen LogP contribution is 2.47. The maximum absolute atomic E-state index is 5.69. The minimum Gasteiger partial charge on any atom is -0.231 e. The maximum Gasteiger partial charge on any atom is 0.102 e. The smallest absolute Gasteiger partial charge is 0.102 e. The molecule has 2 heteroatoms. The van der Waals surface area contributed by atoms with E-state index in [1.54, 1.807) is 0 Å². The van der Waals surface area contributed by atoms with Gasteiger partial charge in [-0.1, -0.05) is 170 Å². The van der Waals surface area contributed by atoms with Crippen molar-refractivity contribution in [3.05, 3.63) is 194 Å². The Labute approximate surface area is 296 Å². The first-order chi connectivity index (χ1) is 25.3. The molecular formula is C49H32N2. The Bertz CT molecular complexity index is 2820. The fourth-order valence-corrected chi connectivity index (χ4v) is 7.84. The molecule has 0 bridgehead atoms. The number of hydrogen-bond donors (Lipinski definition) is 0. The van der Waals surface area contributed by atoms with E-state index in [1.165, 1.54) is 49.2 Å². The van der Waals surface area contributed by atoms with E-state index < -0.39 is 0 Å². The third-order valence-corrected chi connectivity index (χ3v) is 10.2. The van der Waals surface area contributed by atoms with Gasteiger partial charge in [-0.2, -0.15) is 5.10 Å². The van der Waals surface area contributed by atoms with Gasteiger partial charge < -0.3 is 0 Å². The molecule has 238 valence electrons. The summed E-state index contributed by atoms with van der Waals surface area (Å²) in [6, 6.07) is 69.9. The van der Waals surface area contributed by atoms with Crippen molar-refractivity contribution < 1.29 is 0 Å². The van der Waals surface area contributed by atoms with E-state index in [1.807, 2.05) is 0 Å². The predicted molar refractivity (Wildman–Crippen MR) is 215 cm³/mol. The van der Waals surface area contributed by atoms with Crippen LogP contribution in [0.15, 0.2) is 194 Å². The van der Waals surface area contributed by atoms with Crippen LogP contribution < -0.4 is 0 Å². The number of rotatable bonds is 5. The number of pyridine rings is 1. The van der Waals surface area contributed by atoms with Crippen molar-refractivity contribution in [2.24, 2.45) is 0 Å². The molecule has 2 heterocycles. The van der Waals surface area contributed by atoms with Crippen LogP contribution in [0.3, 0.4) is 0 Å². The highest BCUT2D eigenvalue weighted by molar-refractivity contribution is 6.18. The number of benzene rings is 8. The predicted octanol–water partition coefficient (Wildman–Crippen LogP) is 13.1. The molecular weight excluding hydrogens is 617 g/mol. The zero-order valence-electron chi connectivity index (χ0n) is 27.9. The molecule has 0 aliphatic heterocycles. The Kier molecular flexibility index (Phi) is 6.85. The van der Waals surface area contributed by atoms with Crippen molar-refractivity contribution in [2.45, 2.75) is 0 Å². The van der Waals surface area contributed by atoms with Crippen LogP contribution in [0.5, 0.6) is 0 Å². The van der Waals surface area contributed by atoms with Gasteiger partial charge in [-0.25, -0.2) is 4.52 Å². The molecule has 0 atom stereocenters. The Hall–Kier alpha value is -6.77. The van der Waals surface area contributed by atoms with E-state index in [0.717, 1.165) is 44.5 Å². The molecule has 0 saturated carbocycles. The van der Waals surface area contributed by atoms with E-state index in [4.69, 9.17) is 5.10 Å². The zero-order chi connectivity index (χ0) is 33.7. The minimum atomic E-state index is 0.979. The van der Waals surface area contributed by atoms with Crippen molar-refractivity contribution in [3.8, 4) is 55.9 Å². The summed E-state index contributed by atoms with van der Waals surface area (Å²) in [7, 11) is 0. The van der Waals surface area contributed by atoms with Crippen molar-refractivity contribution in [1.29, 1.82) is 0 Å². The van der Waals surface area contributed by atoms with Crippen molar-refractivity contribution in [3.63, 3.8) is 0 Å². The van der Waals surface area contributed by atoms with Gasteiger partial charge in [-0.15, -0.1) is 0 Å². The van der Waals surface area contributed by atoms with Crippen LogP contribution in [0.4, 0.5) is 0 Å². The van der Waals surface area contributed by atoms with Crippen LogP contribution in [0.25, 0.3) is 93.7 Å².